The Balaban J connectivity index is 1.58. The number of anilines is 1. The molecule has 3 rings (SSSR count). The summed E-state index contributed by atoms with van der Waals surface area (Å²) in [7, 11) is 0. The van der Waals surface area contributed by atoms with Crippen LogP contribution in [0.2, 0.25) is 0 Å². The molecule has 0 spiro atoms. The van der Waals surface area contributed by atoms with E-state index >= 15 is 0 Å². The van der Waals surface area contributed by atoms with Gasteiger partial charge >= 0.3 is 0 Å². The summed E-state index contributed by atoms with van der Waals surface area (Å²) in [5.41, 5.74) is 1.66. The number of thioether (sulfide) groups is 1. The minimum Gasteiger partial charge on any atom is -0.489 e. The van der Waals surface area contributed by atoms with Gasteiger partial charge in [0.15, 0.2) is 5.75 Å². The molecule has 1 amide bonds. The molecule has 3 aromatic carbocycles. The summed E-state index contributed by atoms with van der Waals surface area (Å²) in [6.45, 7) is 0.572. The van der Waals surface area contributed by atoms with Crippen LogP contribution in [0.1, 0.15) is 12.0 Å². The Labute approximate surface area is 199 Å². The Morgan fingerprint density at radius 3 is 2.55 bits per heavy atom. The van der Waals surface area contributed by atoms with Gasteiger partial charge in [-0.25, -0.2) is 0 Å². The van der Waals surface area contributed by atoms with Gasteiger partial charge in [-0.3, -0.25) is 4.79 Å². The van der Waals surface area contributed by atoms with E-state index in [2.05, 4.69) is 10.6 Å². The highest BCUT2D eigenvalue weighted by Gasteiger charge is 2.12. The van der Waals surface area contributed by atoms with Crippen LogP contribution in [0.4, 0.5) is 5.69 Å². The first-order valence-electron chi connectivity index (χ1n) is 10.8. The second-order valence-corrected chi connectivity index (χ2v) is 8.42. The predicted molar refractivity (Wildman–Crippen MR) is 134 cm³/mol. The van der Waals surface area contributed by atoms with Crippen LogP contribution in [0.15, 0.2) is 78.9 Å². The molecule has 6 nitrogen and oxygen atoms in total. The number of benzene rings is 3. The lowest BCUT2D eigenvalue weighted by atomic mass is 10.2. The third-order valence-corrected chi connectivity index (χ3v) is 5.53. The number of hydrogen-bond acceptors (Lipinski definition) is 6. The predicted octanol–water partition coefficient (Wildman–Crippen LogP) is 4.70. The van der Waals surface area contributed by atoms with E-state index in [1.54, 1.807) is 23.9 Å². The van der Waals surface area contributed by atoms with Crippen LogP contribution in [0.3, 0.4) is 0 Å². The number of amides is 1. The van der Waals surface area contributed by atoms with E-state index < -0.39 is 0 Å². The largest absolute Gasteiger partial charge is 0.489 e. The van der Waals surface area contributed by atoms with Crippen molar-refractivity contribution in [2.45, 2.75) is 19.1 Å². The smallest absolute Gasteiger partial charge is 0.238 e. The van der Waals surface area contributed by atoms with Crippen LogP contribution < -0.4 is 20.1 Å². The maximum atomic E-state index is 12.4. The first-order chi connectivity index (χ1) is 16.2. The standard InChI is InChI=1S/C26H30N2O4S/c1-33-15-14-21(18-29)27-17-26(30)28-24-12-5-6-13-25(24)32-23-11-7-10-22(16-23)31-19-20-8-3-2-4-9-20/h2-13,16,21,27,29H,14-15,17-19H2,1H3,(H,28,30)/t21-/m0/s1. The number of aliphatic hydroxyl groups excluding tert-OH is 1. The van der Waals surface area contributed by atoms with E-state index in [9.17, 15) is 9.90 Å². The van der Waals surface area contributed by atoms with Crippen molar-refractivity contribution in [3.63, 3.8) is 0 Å². The van der Waals surface area contributed by atoms with Gasteiger partial charge in [-0.2, -0.15) is 11.8 Å². The summed E-state index contributed by atoms with van der Waals surface area (Å²) in [6.07, 6.45) is 2.82. The third kappa shape index (κ3) is 8.46. The fourth-order valence-corrected chi connectivity index (χ4v) is 3.62. The molecule has 3 N–H and O–H groups in total. The van der Waals surface area contributed by atoms with E-state index in [1.165, 1.54) is 0 Å². The summed E-state index contributed by atoms with van der Waals surface area (Å²) in [5, 5.41) is 15.4. The Bertz CT molecular complexity index is 1000. The fourth-order valence-electron chi connectivity index (χ4n) is 3.10. The molecule has 0 saturated heterocycles. The highest BCUT2D eigenvalue weighted by Crippen LogP contribution is 2.31. The lowest BCUT2D eigenvalue weighted by Gasteiger charge is -2.16. The van der Waals surface area contributed by atoms with Gasteiger partial charge in [-0.15, -0.1) is 0 Å². The van der Waals surface area contributed by atoms with Gasteiger partial charge in [-0.1, -0.05) is 48.5 Å². The van der Waals surface area contributed by atoms with Crippen molar-refractivity contribution >= 4 is 23.4 Å². The number of nitrogens with one attached hydrogen (secondary N) is 2. The molecule has 174 valence electrons. The maximum absolute atomic E-state index is 12.4. The highest BCUT2D eigenvalue weighted by molar-refractivity contribution is 7.98. The summed E-state index contributed by atoms with van der Waals surface area (Å²) < 4.78 is 11.9. The van der Waals surface area contributed by atoms with Gasteiger partial charge < -0.3 is 25.2 Å². The molecule has 0 aromatic heterocycles. The molecule has 7 heteroatoms. The summed E-state index contributed by atoms with van der Waals surface area (Å²) >= 11 is 1.71. The number of ether oxygens (including phenoxy) is 2. The Morgan fingerprint density at radius 2 is 1.76 bits per heavy atom. The molecule has 3 aromatic rings. The van der Waals surface area contributed by atoms with E-state index in [4.69, 9.17) is 9.47 Å². The Kier molecular flexibility index (Phi) is 10.1. The fraction of sp³-hybridized carbons (Fsp3) is 0.269. The normalized spacial score (nSPS) is 11.6. The molecular formula is C26H30N2O4S. The molecule has 33 heavy (non-hydrogen) atoms. The second kappa shape index (κ2) is 13.5. The topological polar surface area (TPSA) is 79.8 Å². The van der Waals surface area contributed by atoms with Gasteiger partial charge in [0.1, 0.15) is 18.1 Å². The van der Waals surface area contributed by atoms with E-state index in [1.807, 2.05) is 73.0 Å². The zero-order valence-corrected chi connectivity index (χ0v) is 19.5. The first-order valence-corrected chi connectivity index (χ1v) is 12.2. The Morgan fingerprint density at radius 1 is 1.00 bits per heavy atom. The molecule has 0 saturated carbocycles. The average Bonchev–Trinajstić information content (AvgIpc) is 2.85. The molecule has 0 aliphatic rings. The maximum Gasteiger partial charge on any atom is 0.238 e. The van der Waals surface area contributed by atoms with Crippen LogP contribution in [0.25, 0.3) is 0 Å². The number of rotatable bonds is 13. The number of para-hydroxylation sites is 2. The molecule has 0 fully saturated rings. The molecular weight excluding hydrogens is 436 g/mol. The van der Waals surface area contributed by atoms with Crippen molar-refractivity contribution in [1.29, 1.82) is 0 Å². The van der Waals surface area contributed by atoms with Crippen molar-refractivity contribution in [2.75, 3.05) is 30.5 Å². The number of aliphatic hydroxyl groups is 1. The Hall–Kier alpha value is -3.00. The third-order valence-electron chi connectivity index (χ3n) is 4.88. The van der Waals surface area contributed by atoms with Gasteiger partial charge in [0.05, 0.1) is 18.8 Å². The zero-order valence-electron chi connectivity index (χ0n) is 18.7. The summed E-state index contributed by atoms with van der Waals surface area (Å²) in [5.74, 6) is 2.56. The highest BCUT2D eigenvalue weighted by atomic mass is 32.2. The van der Waals surface area contributed by atoms with Crippen LogP contribution in [-0.2, 0) is 11.4 Å². The van der Waals surface area contributed by atoms with Gasteiger partial charge in [-0.05, 0) is 48.3 Å². The average molecular weight is 467 g/mol. The number of carbonyl (C=O) groups excluding carboxylic acids is 1. The lowest BCUT2D eigenvalue weighted by molar-refractivity contribution is -0.115. The van der Waals surface area contributed by atoms with Crippen molar-refractivity contribution in [3.05, 3.63) is 84.4 Å². The molecule has 0 aliphatic carbocycles. The molecule has 0 aliphatic heterocycles. The molecule has 0 bridgehead atoms. The van der Waals surface area contributed by atoms with Crippen molar-refractivity contribution < 1.29 is 19.4 Å². The molecule has 0 radical (unpaired) electrons. The molecule has 1 atom stereocenters. The van der Waals surface area contributed by atoms with Crippen molar-refractivity contribution in [1.82, 2.24) is 5.32 Å². The van der Waals surface area contributed by atoms with Crippen LogP contribution in [-0.4, -0.2) is 42.2 Å². The minimum atomic E-state index is -0.200. The quantitative estimate of drug-likeness (QED) is 0.339. The van der Waals surface area contributed by atoms with Crippen LogP contribution >= 0.6 is 11.8 Å². The van der Waals surface area contributed by atoms with E-state index in [0.29, 0.717) is 29.5 Å². The van der Waals surface area contributed by atoms with Crippen LogP contribution in [0, 0.1) is 0 Å². The van der Waals surface area contributed by atoms with E-state index in [0.717, 1.165) is 17.7 Å². The van der Waals surface area contributed by atoms with Crippen molar-refractivity contribution in [2.24, 2.45) is 0 Å². The molecule has 0 unspecified atom stereocenters. The van der Waals surface area contributed by atoms with Gasteiger partial charge in [0.25, 0.3) is 0 Å². The second-order valence-electron chi connectivity index (χ2n) is 7.44. The first kappa shape index (κ1) is 24.6. The summed E-state index contributed by atoms with van der Waals surface area (Å²) in [6, 6.07) is 24.5. The molecule has 0 heterocycles. The van der Waals surface area contributed by atoms with Gasteiger partial charge in [0, 0.05) is 12.1 Å². The lowest BCUT2D eigenvalue weighted by Crippen LogP contribution is -2.38. The SMILES string of the molecule is CSCC[C@@H](CO)NCC(=O)Nc1ccccc1Oc1cccc(OCc2ccccc2)c1. The van der Waals surface area contributed by atoms with Crippen molar-refractivity contribution in [3.8, 4) is 17.2 Å². The van der Waals surface area contributed by atoms with Crippen LogP contribution in [0.5, 0.6) is 17.2 Å². The number of carbonyl (C=O) groups is 1. The number of hydrogen-bond donors (Lipinski definition) is 3. The van der Waals surface area contributed by atoms with Gasteiger partial charge in [0.2, 0.25) is 5.91 Å². The zero-order chi connectivity index (χ0) is 23.3. The minimum absolute atomic E-state index is 0.00375. The monoisotopic (exact) mass is 466 g/mol. The van der Waals surface area contributed by atoms with E-state index in [-0.39, 0.29) is 25.1 Å². The summed E-state index contributed by atoms with van der Waals surface area (Å²) in [4.78, 5) is 12.4.